The third-order valence-corrected chi connectivity index (χ3v) is 7.67. The van der Waals surface area contributed by atoms with Crippen LogP contribution < -0.4 is 10.6 Å². The Hall–Kier alpha value is -1.97. The normalized spacial score (nSPS) is 17.2. The van der Waals surface area contributed by atoms with E-state index in [9.17, 15) is 17.6 Å². The number of benzene rings is 1. The van der Waals surface area contributed by atoms with Crippen LogP contribution in [0, 0.1) is 5.82 Å². The Morgan fingerprint density at radius 3 is 2.50 bits per heavy atom. The fourth-order valence-electron chi connectivity index (χ4n) is 3.25. The van der Waals surface area contributed by atoms with Crippen molar-refractivity contribution in [1.82, 2.24) is 14.9 Å². The van der Waals surface area contributed by atoms with Crippen LogP contribution >= 0.6 is 11.3 Å². The van der Waals surface area contributed by atoms with Crippen molar-refractivity contribution in [2.24, 2.45) is 0 Å². The summed E-state index contributed by atoms with van der Waals surface area (Å²) in [5.41, 5.74) is 0.794. The highest BCUT2D eigenvalue weighted by Gasteiger charge is 2.28. The second kappa shape index (κ2) is 9.02. The molecule has 6 nitrogen and oxygen atoms in total. The van der Waals surface area contributed by atoms with Crippen molar-refractivity contribution in [3.8, 4) is 0 Å². The summed E-state index contributed by atoms with van der Waals surface area (Å²) in [5, 5.41) is 7.83. The predicted molar refractivity (Wildman–Crippen MR) is 108 cm³/mol. The average Bonchev–Trinajstić information content (AvgIpc) is 3.22. The number of sulfonamides is 1. The van der Waals surface area contributed by atoms with Gasteiger partial charge in [-0.25, -0.2) is 21.9 Å². The van der Waals surface area contributed by atoms with Gasteiger partial charge in [-0.2, -0.15) is 0 Å². The zero-order valence-electron chi connectivity index (χ0n) is 15.6. The van der Waals surface area contributed by atoms with Gasteiger partial charge in [0.2, 0.25) is 10.0 Å². The maximum absolute atomic E-state index is 13.3. The van der Waals surface area contributed by atoms with Crippen LogP contribution in [0.15, 0.2) is 41.8 Å². The molecule has 1 aromatic carbocycles. The molecule has 0 aliphatic carbocycles. The minimum absolute atomic E-state index is 0.0829. The maximum Gasteiger partial charge on any atom is 0.315 e. The third kappa shape index (κ3) is 5.09. The second-order valence-corrected chi connectivity index (χ2v) is 9.93. The number of hydrogen-bond acceptors (Lipinski definition) is 4. The Bertz CT molecular complexity index is 878. The van der Waals surface area contributed by atoms with Crippen LogP contribution in [0.5, 0.6) is 0 Å². The standard InChI is InChI=1S/C19H24FN3O3S2/c1-2-28(25,26)23-11-9-16(10-12-23)21-19(24)22-18(17-4-3-13-27-17)14-5-7-15(20)8-6-14/h3-8,13,16,18H,2,9-12H2,1H3,(H2,21,22,24). The van der Waals surface area contributed by atoms with E-state index < -0.39 is 10.0 Å². The molecule has 2 heterocycles. The van der Waals surface area contributed by atoms with Gasteiger partial charge in [-0.15, -0.1) is 11.3 Å². The molecule has 9 heteroatoms. The molecule has 2 N–H and O–H groups in total. The molecule has 1 atom stereocenters. The van der Waals surface area contributed by atoms with E-state index in [1.807, 2.05) is 17.5 Å². The van der Waals surface area contributed by atoms with Crippen LogP contribution in [-0.4, -0.2) is 43.6 Å². The predicted octanol–water partition coefficient (Wildman–Crippen LogP) is 3.09. The highest BCUT2D eigenvalue weighted by atomic mass is 32.2. The summed E-state index contributed by atoms with van der Waals surface area (Å²) in [6.45, 7) is 2.45. The van der Waals surface area contributed by atoms with E-state index in [1.54, 1.807) is 19.1 Å². The molecular formula is C19H24FN3O3S2. The van der Waals surface area contributed by atoms with Crippen molar-refractivity contribution in [2.45, 2.75) is 31.8 Å². The number of carbonyl (C=O) groups excluding carboxylic acids is 1. The number of halogens is 1. The number of nitrogens with zero attached hydrogens (tertiary/aromatic N) is 1. The van der Waals surface area contributed by atoms with E-state index in [-0.39, 0.29) is 29.7 Å². The van der Waals surface area contributed by atoms with Crippen molar-refractivity contribution in [3.05, 3.63) is 58.0 Å². The van der Waals surface area contributed by atoms with E-state index in [4.69, 9.17) is 0 Å². The lowest BCUT2D eigenvalue weighted by atomic mass is 10.1. The summed E-state index contributed by atoms with van der Waals surface area (Å²) in [6.07, 6.45) is 1.15. The van der Waals surface area contributed by atoms with Crippen LogP contribution in [0.25, 0.3) is 0 Å². The quantitative estimate of drug-likeness (QED) is 0.747. The van der Waals surface area contributed by atoms with Crippen LogP contribution in [0.4, 0.5) is 9.18 Å². The molecule has 1 aromatic heterocycles. The molecule has 1 aliphatic rings. The van der Waals surface area contributed by atoms with Crippen molar-refractivity contribution >= 4 is 27.4 Å². The highest BCUT2D eigenvalue weighted by molar-refractivity contribution is 7.89. The minimum atomic E-state index is -3.19. The van der Waals surface area contributed by atoms with Crippen molar-refractivity contribution in [3.63, 3.8) is 0 Å². The smallest absolute Gasteiger partial charge is 0.315 e. The fraction of sp³-hybridized carbons (Fsp3) is 0.421. The van der Waals surface area contributed by atoms with E-state index in [2.05, 4.69) is 10.6 Å². The topological polar surface area (TPSA) is 78.5 Å². The van der Waals surface area contributed by atoms with Gasteiger partial charge in [-0.05, 0) is 48.9 Å². The summed E-state index contributed by atoms with van der Waals surface area (Å²) in [7, 11) is -3.19. The van der Waals surface area contributed by atoms with Gasteiger partial charge < -0.3 is 10.6 Å². The van der Waals surface area contributed by atoms with Gasteiger partial charge in [0.1, 0.15) is 5.82 Å². The number of rotatable bonds is 6. The van der Waals surface area contributed by atoms with Gasteiger partial charge in [0.15, 0.2) is 0 Å². The van der Waals surface area contributed by atoms with E-state index in [1.165, 1.54) is 27.8 Å². The number of carbonyl (C=O) groups is 1. The number of piperidine rings is 1. The summed E-state index contributed by atoms with van der Waals surface area (Å²) in [4.78, 5) is 13.5. The zero-order chi connectivity index (χ0) is 20.1. The fourth-order valence-corrected chi connectivity index (χ4v) is 5.18. The Balaban J connectivity index is 1.61. The molecule has 1 aliphatic heterocycles. The van der Waals surface area contributed by atoms with Crippen molar-refractivity contribution in [1.29, 1.82) is 0 Å². The molecular weight excluding hydrogens is 401 g/mol. The van der Waals surface area contributed by atoms with Crippen LogP contribution in [0.3, 0.4) is 0 Å². The second-order valence-electron chi connectivity index (χ2n) is 6.69. The first-order valence-corrected chi connectivity index (χ1v) is 11.7. The van der Waals surface area contributed by atoms with Crippen LogP contribution in [0.1, 0.15) is 36.2 Å². The van der Waals surface area contributed by atoms with E-state index in [0.29, 0.717) is 25.9 Å². The lowest BCUT2D eigenvalue weighted by molar-refractivity contribution is 0.225. The van der Waals surface area contributed by atoms with Crippen LogP contribution in [-0.2, 0) is 10.0 Å². The Morgan fingerprint density at radius 2 is 1.93 bits per heavy atom. The zero-order valence-corrected chi connectivity index (χ0v) is 17.2. The van der Waals surface area contributed by atoms with E-state index >= 15 is 0 Å². The minimum Gasteiger partial charge on any atom is -0.335 e. The molecule has 152 valence electrons. The van der Waals surface area contributed by atoms with Crippen LogP contribution in [0.2, 0.25) is 0 Å². The SMILES string of the molecule is CCS(=O)(=O)N1CCC(NC(=O)NC(c2ccc(F)cc2)c2cccs2)CC1. The number of amides is 2. The number of urea groups is 1. The summed E-state index contributed by atoms with van der Waals surface area (Å²) in [6, 6.07) is 9.12. The Morgan fingerprint density at radius 1 is 1.25 bits per heavy atom. The summed E-state index contributed by atoms with van der Waals surface area (Å²) >= 11 is 1.51. The molecule has 28 heavy (non-hydrogen) atoms. The molecule has 0 bridgehead atoms. The van der Waals surface area contributed by atoms with Gasteiger partial charge >= 0.3 is 6.03 Å². The molecule has 0 spiro atoms. The molecule has 1 unspecified atom stereocenters. The Kier molecular flexibility index (Phi) is 6.69. The summed E-state index contributed by atoms with van der Waals surface area (Å²) < 4.78 is 38.6. The Labute approximate surface area is 168 Å². The first kappa shape index (κ1) is 20.8. The third-order valence-electron chi connectivity index (χ3n) is 4.85. The molecule has 1 fully saturated rings. The summed E-state index contributed by atoms with van der Waals surface area (Å²) in [5.74, 6) is -0.238. The van der Waals surface area contributed by atoms with Gasteiger partial charge in [-0.1, -0.05) is 18.2 Å². The highest BCUT2D eigenvalue weighted by Crippen LogP contribution is 2.26. The lowest BCUT2D eigenvalue weighted by Crippen LogP contribution is -2.49. The number of hydrogen-bond donors (Lipinski definition) is 2. The molecule has 1 saturated heterocycles. The number of nitrogens with one attached hydrogen (secondary N) is 2. The monoisotopic (exact) mass is 425 g/mol. The number of thiophene rings is 1. The van der Waals surface area contributed by atoms with Crippen molar-refractivity contribution < 1.29 is 17.6 Å². The van der Waals surface area contributed by atoms with Gasteiger partial charge in [0.25, 0.3) is 0 Å². The first-order chi connectivity index (χ1) is 13.4. The maximum atomic E-state index is 13.3. The van der Waals surface area contributed by atoms with E-state index in [0.717, 1.165) is 10.4 Å². The average molecular weight is 426 g/mol. The van der Waals surface area contributed by atoms with Gasteiger partial charge in [0.05, 0.1) is 11.8 Å². The van der Waals surface area contributed by atoms with Gasteiger partial charge in [-0.3, -0.25) is 0 Å². The first-order valence-electron chi connectivity index (χ1n) is 9.22. The van der Waals surface area contributed by atoms with Gasteiger partial charge in [0, 0.05) is 24.0 Å². The largest absolute Gasteiger partial charge is 0.335 e. The molecule has 0 radical (unpaired) electrons. The molecule has 2 amide bonds. The molecule has 2 aromatic rings. The molecule has 3 rings (SSSR count). The molecule has 0 saturated carbocycles. The van der Waals surface area contributed by atoms with Crippen molar-refractivity contribution in [2.75, 3.05) is 18.8 Å². The lowest BCUT2D eigenvalue weighted by Gasteiger charge is -2.31.